The lowest BCUT2D eigenvalue weighted by Crippen LogP contribution is -2.49. The molecule has 0 saturated carbocycles. The van der Waals surface area contributed by atoms with Crippen LogP contribution in [0.5, 0.6) is 5.75 Å². The zero-order valence-electron chi connectivity index (χ0n) is 19.5. The van der Waals surface area contributed by atoms with Crippen LogP contribution in [0.3, 0.4) is 0 Å². The second-order valence-corrected chi connectivity index (χ2v) is 9.03. The van der Waals surface area contributed by atoms with E-state index in [4.69, 9.17) is 4.74 Å². The number of ether oxygens (including phenoxy) is 1. The van der Waals surface area contributed by atoms with E-state index in [1.807, 2.05) is 23.2 Å². The van der Waals surface area contributed by atoms with E-state index in [-0.39, 0.29) is 11.9 Å². The molecular formula is C26H35N3O2. The summed E-state index contributed by atoms with van der Waals surface area (Å²) in [6, 6.07) is 9.26. The van der Waals surface area contributed by atoms with Gasteiger partial charge in [-0.1, -0.05) is 26.0 Å². The van der Waals surface area contributed by atoms with Gasteiger partial charge in [-0.2, -0.15) is 0 Å². The second-order valence-electron chi connectivity index (χ2n) is 9.03. The molecule has 2 bridgehead atoms. The Morgan fingerprint density at radius 2 is 1.94 bits per heavy atom. The van der Waals surface area contributed by atoms with Crippen LogP contribution in [0.15, 0.2) is 30.5 Å². The van der Waals surface area contributed by atoms with E-state index in [0.29, 0.717) is 17.8 Å². The molecule has 4 rings (SSSR count). The van der Waals surface area contributed by atoms with Gasteiger partial charge < -0.3 is 9.64 Å². The average Bonchev–Trinajstić information content (AvgIpc) is 3.40. The molecule has 1 aromatic carbocycles. The SMILES string of the molecule is CCCOc1ccc([C@H](C)N2C[C@@H]3C[C@H]2CN3C(=O)c2ccc(CC)cn2)c(C)c1C. The van der Waals surface area contributed by atoms with Crippen LogP contribution in [0.1, 0.15) is 72.4 Å². The number of pyridine rings is 1. The maximum Gasteiger partial charge on any atom is 0.272 e. The normalized spacial score (nSPS) is 21.5. The zero-order valence-corrected chi connectivity index (χ0v) is 19.5. The van der Waals surface area contributed by atoms with Crippen molar-refractivity contribution in [3.05, 3.63) is 58.4 Å². The van der Waals surface area contributed by atoms with Crippen molar-refractivity contribution in [2.24, 2.45) is 0 Å². The molecular weight excluding hydrogens is 386 g/mol. The van der Waals surface area contributed by atoms with E-state index in [9.17, 15) is 4.79 Å². The van der Waals surface area contributed by atoms with Gasteiger partial charge in [-0.3, -0.25) is 14.7 Å². The summed E-state index contributed by atoms with van der Waals surface area (Å²) in [4.78, 5) is 22.1. The number of carbonyl (C=O) groups is 1. The molecule has 3 heterocycles. The third-order valence-corrected chi connectivity index (χ3v) is 7.18. The Kier molecular flexibility index (Phi) is 6.33. The fourth-order valence-electron chi connectivity index (χ4n) is 5.14. The Morgan fingerprint density at radius 1 is 1.13 bits per heavy atom. The van der Waals surface area contributed by atoms with Gasteiger partial charge in [-0.15, -0.1) is 0 Å². The fourth-order valence-corrected chi connectivity index (χ4v) is 5.14. The van der Waals surface area contributed by atoms with Crippen molar-refractivity contribution in [3.63, 3.8) is 0 Å². The van der Waals surface area contributed by atoms with Gasteiger partial charge in [-0.25, -0.2) is 0 Å². The number of benzene rings is 1. The number of amides is 1. The molecule has 1 aromatic heterocycles. The number of rotatable bonds is 7. The molecule has 166 valence electrons. The average molecular weight is 422 g/mol. The standard InChI is InChI=1S/C26H35N3O2/c1-6-12-31-25-11-9-23(17(3)18(25)4)19(5)28-15-22-13-21(28)16-29(22)26(30)24-10-8-20(7-2)14-27-24/h8-11,14,19,21-22H,6-7,12-13,15-16H2,1-5H3/t19-,21-,22-/m0/s1. The van der Waals surface area contributed by atoms with Gasteiger partial charge in [-0.05, 0) is 74.4 Å². The summed E-state index contributed by atoms with van der Waals surface area (Å²) in [5, 5.41) is 0. The van der Waals surface area contributed by atoms with Crippen molar-refractivity contribution in [1.29, 1.82) is 0 Å². The van der Waals surface area contributed by atoms with Crippen molar-refractivity contribution >= 4 is 5.91 Å². The van der Waals surface area contributed by atoms with Gasteiger partial charge in [0.15, 0.2) is 0 Å². The molecule has 0 radical (unpaired) electrons. The van der Waals surface area contributed by atoms with Crippen molar-refractivity contribution in [3.8, 4) is 5.75 Å². The van der Waals surface area contributed by atoms with Gasteiger partial charge >= 0.3 is 0 Å². The molecule has 3 atom stereocenters. The number of aryl methyl sites for hydroxylation is 1. The first-order valence-electron chi connectivity index (χ1n) is 11.7. The molecule has 2 saturated heterocycles. The quantitative estimate of drug-likeness (QED) is 0.650. The zero-order chi connectivity index (χ0) is 22.1. The summed E-state index contributed by atoms with van der Waals surface area (Å²) in [6.07, 6.45) is 4.84. The number of piperazine rings is 1. The Balaban J connectivity index is 1.45. The summed E-state index contributed by atoms with van der Waals surface area (Å²) >= 11 is 0. The Morgan fingerprint density at radius 3 is 2.55 bits per heavy atom. The van der Waals surface area contributed by atoms with Crippen molar-refractivity contribution < 1.29 is 9.53 Å². The Labute approximate surface area is 186 Å². The minimum Gasteiger partial charge on any atom is -0.493 e. The van der Waals surface area contributed by atoms with E-state index in [1.165, 1.54) is 16.7 Å². The van der Waals surface area contributed by atoms with Crippen LogP contribution in [0.2, 0.25) is 0 Å². The number of carbonyl (C=O) groups excluding carboxylic acids is 1. The first-order valence-corrected chi connectivity index (χ1v) is 11.7. The number of hydrogen-bond acceptors (Lipinski definition) is 4. The van der Waals surface area contributed by atoms with Crippen molar-refractivity contribution in [2.45, 2.75) is 72.0 Å². The van der Waals surface area contributed by atoms with Crippen LogP contribution >= 0.6 is 0 Å². The molecule has 0 spiro atoms. The van der Waals surface area contributed by atoms with Crippen LogP contribution in [-0.2, 0) is 6.42 Å². The third kappa shape index (κ3) is 4.08. The minimum atomic E-state index is 0.0758. The fraction of sp³-hybridized carbons (Fsp3) is 0.538. The van der Waals surface area contributed by atoms with Crippen molar-refractivity contribution in [1.82, 2.24) is 14.8 Å². The largest absolute Gasteiger partial charge is 0.493 e. The predicted molar refractivity (Wildman–Crippen MR) is 124 cm³/mol. The van der Waals surface area contributed by atoms with E-state index < -0.39 is 0 Å². The number of aromatic nitrogens is 1. The van der Waals surface area contributed by atoms with E-state index >= 15 is 0 Å². The predicted octanol–water partition coefficient (Wildman–Crippen LogP) is 4.71. The monoisotopic (exact) mass is 421 g/mol. The molecule has 1 amide bonds. The molecule has 31 heavy (non-hydrogen) atoms. The number of nitrogens with zero attached hydrogens (tertiary/aromatic N) is 3. The Hall–Kier alpha value is -2.40. The van der Waals surface area contributed by atoms with Gasteiger partial charge in [0.25, 0.3) is 5.91 Å². The van der Waals surface area contributed by atoms with Gasteiger partial charge in [0.05, 0.1) is 6.61 Å². The molecule has 5 nitrogen and oxygen atoms in total. The first kappa shape index (κ1) is 21.8. The molecule has 2 aliphatic heterocycles. The van der Waals surface area contributed by atoms with Crippen molar-refractivity contribution in [2.75, 3.05) is 19.7 Å². The highest BCUT2D eigenvalue weighted by Crippen LogP contribution is 2.39. The maximum absolute atomic E-state index is 13.0. The topological polar surface area (TPSA) is 45.7 Å². The van der Waals surface area contributed by atoms with Crippen LogP contribution in [0, 0.1) is 13.8 Å². The smallest absolute Gasteiger partial charge is 0.272 e. The number of likely N-dealkylation sites (tertiary alicyclic amines) is 2. The summed E-state index contributed by atoms with van der Waals surface area (Å²) in [6.45, 7) is 13.4. The summed E-state index contributed by atoms with van der Waals surface area (Å²) in [5.74, 6) is 1.07. The van der Waals surface area contributed by atoms with E-state index in [0.717, 1.165) is 50.3 Å². The highest BCUT2D eigenvalue weighted by molar-refractivity contribution is 5.93. The summed E-state index contributed by atoms with van der Waals surface area (Å²) in [5.41, 5.74) is 5.65. The molecule has 2 aromatic rings. The molecule has 5 heteroatoms. The lowest BCUT2D eigenvalue weighted by molar-refractivity contribution is 0.0563. The maximum atomic E-state index is 13.0. The van der Waals surface area contributed by atoms with Crippen LogP contribution in [-0.4, -0.2) is 52.5 Å². The van der Waals surface area contributed by atoms with E-state index in [1.54, 1.807) is 0 Å². The Bertz CT molecular complexity index is 940. The molecule has 0 aliphatic carbocycles. The molecule has 2 aliphatic rings. The van der Waals surface area contributed by atoms with Gasteiger partial charge in [0, 0.05) is 37.4 Å². The number of hydrogen-bond donors (Lipinski definition) is 0. The molecule has 2 fully saturated rings. The third-order valence-electron chi connectivity index (χ3n) is 7.18. The lowest BCUT2D eigenvalue weighted by Gasteiger charge is -2.38. The highest BCUT2D eigenvalue weighted by Gasteiger charge is 2.47. The summed E-state index contributed by atoms with van der Waals surface area (Å²) < 4.78 is 5.91. The van der Waals surface area contributed by atoms with E-state index in [2.05, 4.69) is 56.6 Å². The lowest BCUT2D eigenvalue weighted by atomic mass is 9.96. The van der Waals surface area contributed by atoms with Crippen LogP contribution < -0.4 is 4.74 Å². The highest BCUT2D eigenvalue weighted by atomic mass is 16.5. The minimum absolute atomic E-state index is 0.0758. The van der Waals surface area contributed by atoms with Gasteiger partial charge in [0.2, 0.25) is 0 Å². The summed E-state index contributed by atoms with van der Waals surface area (Å²) in [7, 11) is 0. The van der Waals surface area contributed by atoms with Crippen LogP contribution in [0.4, 0.5) is 0 Å². The first-order chi connectivity index (χ1) is 14.9. The molecule has 0 unspecified atom stereocenters. The second kappa shape index (κ2) is 8.99. The number of fused-ring (bicyclic) bond motifs is 2. The van der Waals surface area contributed by atoms with Gasteiger partial charge in [0.1, 0.15) is 11.4 Å². The molecule has 0 N–H and O–H groups in total. The van der Waals surface area contributed by atoms with Crippen LogP contribution in [0.25, 0.3) is 0 Å².